The predicted molar refractivity (Wildman–Crippen MR) is 92.4 cm³/mol. The molecule has 5 heteroatoms. The highest BCUT2D eigenvalue weighted by molar-refractivity contribution is 5.79. The molecule has 1 saturated carbocycles. The van der Waals surface area contributed by atoms with Crippen molar-refractivity contribution in [3.8, 4) is 0 Å². The van der Waals surface area contributed by atoms with Crippen LogP contribution >= 0.6 is 0 Å². The monoisotopic (exact) mass is 324 g/mol. The van der Waals surface area contributed by atoms with E-state index in [2.05, 4.69) is 38.2 Å². The lowest BCUT2D eigenvalue weighted by molar-refractivity contribution is -0.142. The van der Waals surface area contributed by atoms with Gasteiger partial charge in [0.2, 0.25) is 5.91 Å². The van der Waals surface area contributed by atoms with Gasteiger partial charge in [0.1, 0.15) is 0 Å². The maximum absolute atomic E-state index is 12.3. The molecule has 2 saturated heterocycles. The first-order valence-corrected chi connectivity index (χ1v) is 9.23. The number of aromatic nitrogens is 2. The summed E-state index contributed by atoms with van der Waals surface area (Å²) in [4.78, 5) is 17.1. The summed E-state index contributed by atoms with van der Waals surface area (Å²) in [7, 11) is 0. The molecule has 1 amide bonds. The van der Waals surface area contributed by atoms with Crippen molar-refractivity contribution in [2.24, 2.45) is 5.92 Å². The highest BCUT2D eigenvalue weighted by Gasteiger charge is 2.45. The topological polar surface area (TPSA) is 52.2 Å². The molecule has 1 aromatic heterocycles. The number of benzene rings is 1. The third-order valence-corrected chi connectivity index (χ3v) is 6.01. The van der Waals surface area contributed by atoms with Crippen molar-refractivity contribution >= 4 is 16.8 Å². The SMILES string of the molecule is O=C1CCC2CN(Cc3ccc4cn[nH]c4c3)CCC2N1C1CC1. The third-order valence-electron chi connectivity index (χ3n) is 6.01. The van der Waals surface area contributed by atoms with Crippen LogP contribution in [-0.2, 0) is 11.3 Å². The van der Waals surface area contributed by atoms with Gasteiger partial charge >= 0.3 is 0 Å². The molecule has 5 nitrogen and oxygen atoms in total. The molecule has 2 unspecified atom stereocenters. The summed E-state index contributed by atoms with van der Waals surface area (Å²) in [5.41, 5.74) is 2.46. The lowest BCUT2D eigenvalue weighted by atomic mass is 9.83. The summed E-state index contributed by atoms with van der Waals surface area (Å²) >= 11 is 0. The van der Waals surface area contributed by atoms with Gasteiger partial charge in [-0.05, 0) is 43.2 Å². The van der Waals surface area contributed by atoms with Crippen LogP contribution in [0.3, 0.4) is 0 Å². The van der Waals surface area contributed by atoms with Crippen LogP contribution in [0.4, 0.5) is 0 Å². The second-order valence-corrected chi connectivity index (χ2v) is 7.71. The summed E-state index contributed by atoms with van der Waals surface area (Å²) in [5, 5.41) is 8.33. The number of carbonyl (C=O) groups excluding carboxylic acids is 1. The number of nitrogens with zero attached hydrogens (tertiary/aromatic N) is 3. The Hall–Kier alpha value is -1.88. The minimum absolute atomic E-state index is 0.414. The van der Waals surface area contributed by atoms with Crippen molar-refractivity contribution in [1.82, 2.24) is 20.0 Å². The Morgan fingerprint density at radius 2 is 2.12 bits per heavy atom. The summed E-state index contributed by atoms with van der Waals surface area (Å²) in [6.45, 7) is 3.22. The van der Waals surface area contributed by atoms with Crippen molar-refractivity contribution < 1.29 is 4.79 Å². The number of hydrogen-bond acceptors (Lipinski definition) is 3. The second-order valence-electron chi connectivity index (χ2n) is 7.71. The smallest absolute Gasteiger partial charge is 0.223 e. The molecule has 3 fully saturated rings. The average Bonchev–Trinajstić information content (AvgIpc) is 3.31. The Balaban J connectivity index is 1.29. The number of hydrogen-bond donors (Lipinski definition) is 1. The normalized spacial score (nSPS) is 28.3. The number of amides is 1. The maximum atomic E-state index is 12.3. The van der Waals surface area contributed by atoms with Gasteiger partial charge in [0.15, 0.2) is 0 Å². The van der Waals surface area contributed by atoms with E-state index in [4.69, 9.17) is 0 Å². The average molecular weight is 324 g/mol. The Kier molecular flexibility index (Phi) is 3.37. The second kappa shape index (κ2) is 5.59. The largest absolute Gasteiger partial charge is 0.336 e. The number of likely N-dealkylation sites (tertiary alicyclic amines) is 2. The first-order chi connectivity index (χ1) is 11.8. The van der Waals surface area contributed by atoms with E-state index in [9.17, 15) is 4.79 Å². The Morgan fingerprint density at radius 3 is 3.00 bits per heavy atom. The number of nitrogens with one attached hydrogen (secondary N) is 1. The Morgan fingerprint density at radius 1 is 1.21 bits per heavy atom. The first kappa shape index (κ1) is 14.5. The zero-order valence-electron chi connectivity index (χ0n) is 13.9. The van der Waals surface area contributed by atoms with Gasteiger partial charge in [-0.3, -0.25) is 14.8 Å². The van der Waals surface area contributed by atoms with Gasteiger partial charge in [0.05, 0.1) is 11.7 Å². The third kappa shape index (κ3) is 2.51. The highest BCUT2D eigenvalue weighted by Crippen LogP contribution is 2.39. The highest BCUT2D eigenvalue weighted by atomic mass is 16.2. The predicted octanol–water partition coefficient (Wildman–Crippen LogP) is 2.54. The van der Waals surface area contributed by atoms with Gasteiger partial charge in [0, 0.05) is 43.5 Å². The van der Waals surface area contributed by atoms with E-state index in [0.29, 0.717) is 23.9 Å². The minimum atomic E-state index is 0.414. The van der Waals surface area contributed by atoms with Crippen LogP contribution in [0.5, 0.6) is 0 Å². The molecule has 0 bridgehead atoms. The van der Waals surface area contributed by atoms with Gasteiger partial charge < -0.3 is 4.90 Å². The molecular formula is C19H24N4O. The summed E-state index contributed by atoms with van der Waals surface area (Å²) in [6.07, 6.45) is 7.29. The number of H-pyrrole nitrogens is 1. The standard InChI is InChI=1S/C19H24N4O/c24-19-6-3-15-12-22(8-7-18(15)23(19)16-4-5-16)11-13-1-2-14-10-20-21-17(14)9-13/h1-2,9-10,15-16,18H,3-8,11-12H2,(H,20,21). The van der Waals surface area contributed by atoms with Crippen LogP contribution in [0.25, 0.3) is 10.9 Å². The fourth-order valence-corrected chi connectivity index (χ4v) is 4.68. The van der Waals surface area contributed by atoms with Gasteiger partial charge in [-0.15, -0.1) is 0 Å². The van der Waals surface area contributed by atoms with E-state index in [1.807, 2.05) is 6.20 Å². The van der Waals surface area contributed by atoms with Gasteiger partial charge in [-0.25, -0.2) is 0 Å². The fourth-order valence-electron chi connectivity index (χ4n) is 4.68. The molecule has 3 aliphatic rings. The first-order valence-electron chi connectivity index (χ1n) is 9.23. The van der Waals surface area contributed by atoms with Crippen molar-refractivity contribution in [1.29, 1.82) is 0 Å². The van der Waals surface area contributed by atoms with Crippen molar-refractivity contribution in [2.45, 2.75) is 50.7 Å². The van der Waals surface area contributed by atoms with Crippen molar-refractivity contribution in [3.63, 3.8) is 0 Å². The number of piperidine rings is 2. The lowest BCUT2D eigenvalue weighted by Gasteiger charge is -2.47. The van der Waals surface area contributed by atoms with E-state index < -0.39 is 0 Å². The molecule has 1 aliphatic carbocycles. The zero-order chi connectivity index (χ0) is 16.1. The summed E-state index contributed by atoms with van der Waals surface area (Å²) in [5.74, 6) is 1.07. The molecule has 5 rings (SSSR count). The minimum Gasteiger partial charge on any atom is -0.336 e. The van der Waals surface area contributed by atoms with E-state index in [0.717, 1.165) is 44.4 Å². The number of rotatable bonds is 3. The van der Waals surface area contributed by atoms with Crippen molar-refractivity contribution in [2.75, 3.05) is 13.1 Å². The molecule has 2 atom stereocenters. The van der Waals surface area contributed by atoms with Gasteiger partial charge in [-0.2, -0.15) is 5.10 Å². The maximum Gasteiger partial charge on any atom is 0.223 e. The number of aromatic amines is 1. The molecular weight excluding hydrogens is 300 g/mol. The van der Waals surface area contributed by atoms with Crippen LogP contribution in [-0.4, -0.2) is 51.1 Å². The van der Waals surface area contributed by atoms with Gasteiger partial charge in [0.25, 0.3) is 0 Å². The van der Waals surface area contributed by atoms with Gasteiger partial charge in [-0.1, -0.05) is 12.1 Å². The Labute approximate surface area is 142 Å². The molecule has 0 spiro atoms. The van der Waals surface area contributed by atoms with E-state index >= 15 is 0 Å². The molecule has 2 aromatic rings. The molecule has 1 N–H and O–H groups in total. The summed E-state index contributed by atoms with van der Waals surface area (Å²) < 4.78 is 0. The van der Waals surface area contributed by atoms with Crippen LogP contribution in [0.15, 0.2) is 24.4 Å². The molecule has 0 radical (unpaired) electrons. The Bertz CT molecular complexity index is 766. The molecule has 3 heterocycles. The zero-order valence-corrected chi connectivity index (χ0v) is 13.9. The van der Waals surface area contributed by atoms with Crippen LogP contribution < -0.4 is 0 Å². The van der Waals surface area contributed by atoms with E-state index in [1.54, 1.807) is 0 Å². The summed E-state index contributed by atoms with van der Waals surface area (Å²) in [6, 6.07) is 7.65. The van der Waals surface area contributed by atoms with E-state index in [1.165, 1.54) is 23.8 Å². The number of fused-ring (bicyclic) bond motifs is 2. The van der Waals surface area contributed by atoms with E-state index in [-0.39, 0.29) is 0 Å². The van der Waals surface area contributed by atoms with Crippen LogP contribution in [0.1, 0.15) is 37.7 Å². The van der Waals surface area contributed by atoms with Crippen LogP contribution in [0, 0.1) is 5.92 Å². The molecule has 1 aromatic carbocycles. The molecule has 24 heavy (non-hydrogen) atoms. The molecule has 2 aliphatic heterocycles. The van der Waals surface area contributed by atoms with Crippen LogP contribution in [0.2, 0.25) is 0 Å². The fraction of sp³-hybridized carbons (Fsp3) is 0.579. The lowest BCUT2D eigenvalue weighted by Crippen LogP contribution is -2.56. The number of carbonyl (C=O) groups is 1. The quantitative estimate of drug-likeness (QED) is 0.944. The molecule has 126 valence electrons. The van der Waals surface area contributed by atoms with Crippen molar-refractivity contribution in [3.05, 3.63) is 30.0 Å².